The summed E-state index contributed by atoms with van der Waals surface area (Å²) in [5.41, 5.74) is 2.25. The van der Waals surface area contributed by atoms with Crippen LogP contribution in [0.2, 0.25) is 0 Å². The standard InChI is InChI=1S/C17H21N3O2S/c1-11-9-20-10-12(2-3-16(20)18-11)19-17(21)8-14-13-5-7-23-15(13)4-6-22-14/h5,7,9,12,14H,2-4,6,8,10H2,1H3,(H,19,21)/t12-,14-/m0/s1. The van der Waals surface area contributed by atoms with Crippen molar-refractivity contribution < 1.29 is 9.53 Å². The van der Waals surface area contributed by atoms with E-state index in [-0.39, 0.29) is 18.1 Å². The minimum atomic E-state index is -0.0837. The molecule has 2 atom stereocenters. The highest BCUT2D eigenvalue weighted by molar-refractivity contribution is 7.10. The highest BCUT2D eigenvalue weighted by atomic mass is 32.1. The number of hydrogen-bond acceptors (Lipinski definition) is 4. The molecule has 2 aromatic heterocycles. The molecule has 2 aliphatic rings. The van der Waals surface area contributed by atoms with Crippen LogP contribution in [0, 0.1) is 6.92 Å². The summed E-state index contributed by atoms with van der Waals surface area (Å²) in [5, 5.41) is 5.27. The molecule has 6 heteroatoms. The SMILES string of the molecule is Cc1cn2c(n1)CC[C@H](NC(=O)C[C@@H]1OCCc3sccc31)C2. The molecule has 1 N–H and O–H groups in total. The van der Waals surface area contributed by atoms with Gasteiger partial charge >= 0.3 is 0 Å². The largest absolute Gasteiger partial charge is 0.373 e. The molecule has 0 unspecified atom stereocenters. The van der Waals surface area contributed by atoms with E-state index in [1.165, 1.54) is 10.4 Å². The number of aromatic nitrogens is 2. The Hall–Kier alpha value is -1.66. The maximum absolute atomic E-state index is 12.4. The van der Waals surface area contributed by atoms with Crippen molar-refractivity contribution in [3.8, 4) is 0 Å². The predicted molar refractivity (Wildman–Crippen MR) is 88.5 cm³/mol. The fourth-order valence-electron chi connectivity index (χ4n) is 3.55. The summed E-state index contributed by atoms with van der Waals surface area (Å²) in [4.78, 5) is 18.3. The van der Waals surface area contributed by atoms with E-state index in [0.29, 0.717) is 13.0 Å². The predicted octanol–water partition coefficient (Wildman–Crippen LogP) is 2.39. The van der Waals surface area contributed by atoms with Crippen LogP contribution in [0.15, 0.2) is 17.6 Å². The summed E-state index contributed by atoms with van der Waals surface area (Å²) in [6.45, 7) is 3.54. The van der Waals surface area contributed by atoms with E-state index >= 15 is 0 Å². The normalized spacial score (nSPS) is 23.2. The number of ether oxygens (including phenoxy) is 1. The quantitative estimate of drug-likeness (QED) is 0.939. The third kappa shape index (κ3) is 3.05. The lowest BCUT2D eigenvalue weighted by molar-refractivity contribution is -0.125. The minimum Gasteiger partial charge on any atom is -0.373 e. The van der Waals surface area contributed by atoms with Gasteiger partial charge in [-0.05, 0) is 30.4 Å². The zero-order valence-electron chi connectivity index (χ0n) is 13.2. The molecule has 5 nitrogen and oxygen atoms in total. The number of imidazole rings is 1. The van der Waals surface area contributed by atoms with Crippen molar-refractivity contribution in [3.63, 3.8) is 0 Å². The van der Waals surface area contributed by atoms with Crippen LogP contribution in [0.5, 0.6) is 0 Å². The van der Waals surface area contributed by atoms with Gasteiger partial charge in [-0.1, -0.05) is 0 Å². The lowest BCUT2D eigenvalue weighted by Gasteiger charge is -2.27. The van der Waals surface area contributed by atoms with Gasteiger partial charge in [-0.15, -0.1) is 11.3 Å². The third-order valence-electron chi connectivity index (χ3n) is 4.62. The molecule has 122 valence electrons. The van der Waals surface area contributed by atoms with Gasteiger partial charge in [0.05, 0.1) is 24.8 Å². The molecule has 2 aliphatic heterocycles. The molecular formula is C17H21N3O2S. The maximum atomic E-state index is 12.4. The number of carbonyl (C=O) groups is 1. The van der Waals surface area contributed by atoms with Crippen molar-refractivity contribution in [2.75, 3.05) is 6.61 Å². The molecule has 0 saturated carbocycles. The molecule has 0 aromatic carbocycles. The molecule has 0 saturated heterocycles. The topological polar surface area (TPSA) is 56.2 Å². The van der Waals surface area contributed by atoms with Crippen LogP contribution < -0.4 is 5.32 Å². The van der Waals surface area contributed by atoms with Crippen LogP contribution in [0.1, 0.15) is 40.9 Å². The van der Waals surface area contributed by atoms with Crippen LogP contribution in [0.4, 0.5) is 0 Å². The first-order valence-corrected chi connectivity index (χ1v) is 9.07. The molecule has 0 aliphatic carbocycles. The van der Waals surface area contributed by atoms with Gasteiger partial charge in [0.15, 0.2) is 0 Å². The minimum absolute atomic E-state index is 0.0827. The van der Waals surface area contributed by atoms with Crippen LogP contribution in [-0.2, 0) is 28.9 Å². The summed E-state index contributed by atoms with van der Waals surface area (Å²) < 4.78 is 7.98. The Morgan fingerprint density at radius 2 is 2.43 bits per heavy atom. The molecule has 1 amide bonds. The van der Waals surface area contributed by atoms with Crippen LogP contribution in [-0.4, -0.2) is 28.1 Å². The molecular weight excluding hydrogens is 310 g/mol. The van der Waals surface area contributed by atoms with Gasteiger partial charge in [-0.3, -0.25) is 4.79 Å². The zero-order chi connectivity index (χ0) is 15.8. The van der Waals surface area contributed by atoms with E-state index in [9.17, 15) is 4.79 Å². The third-order valence-corrected chi connectivity index (χ3v) is 5.62. The fourth-order valence-corrected chi connectivity index (χ4v) is 4.47. The number of hydrogen-bond donors (Lipinski definition) is 1. The Kier molecular flexibility index (Phi) is 3.95. The average molecular weight is 331 g/mol. The second-order valence-electron chi connectivity index (χ2n) is 6.37. The number of aryl methyl sites for hydroxylation is 2. The molecule has 0 spiro atoms. The first-order chi connectivity index (χ1) is 11.2. The second-order valence-corrected chi connectivity index (χ2v) is 7.37. The molecule has 23 heavy (non-hydrogen) atoms. The zero-order valence-corrected chi connectivity index (χ0v) is 14.1. The number of rotatable bonds is 3. The Balaban J connectivity index is 1.37. The monoisotopic (exact) mass is 331 g/mol. The fraction of sp³-hybridized carbons (Fsp3) is 0.529. The van der Waals surface area contributed by atoms with Gasteiger partial charge in [0.2, 0.25) is 5.91 Å². The smallest absolute Gasteiger partial charge is 0.223 e. The summed E-state index contributed by atoms with van der Waals surface area (Å²) in [5.74, 6) is 1.21. The van der Waals surface area contributed by atoms with Gasteiger partial charge in [0, 0.05) is 36.5 Å². The highest BCUT2D eigenvalue weighted by Gasteiger charge is 2.26. The van der Waals surface area contributed by atoms with Crippen LogP contribution in [0.25, 0.3) is 0 Å². The number of nitrogens with zero attached hydrogens (tertiary/aromatic N) is 2. The number of amides is 1. The van der Waals surface area contributed by atoms with Crippen molar-refractivity contribution >= 4 is 17.2 Å². The number of thiophene rings is 1. The molecule has 0 fully saturated rings. The lowest BCUT2D eigenvalue weighted by Crippen LogP contribution is -2.41. The molecule has 4 rings (SSSR count). The number of nitrogens with one attached hydrogen (secondary N) is 1. The van der Waals surface area contributed by atoms with Crippen molar-refractivity contribution in [1.82, 2.24) is 14.9 Å². The summed E-state index contributed by atoms with van der Waals surface area (Å²) in [6.07, 6.45) is 5.24. The van der Waals surface area contributed by atoms with Crippen LogP contribution >= 0.6 is 11.3 Å². The summed E-state index contributed by atoms with van der Waals surface area (Å²) in [7, 11) is 0. The molecule has 0 radical (unpaired) electrons. The van der Waals surface area contributed by atoms with Gasteiger partial charge in [-0.2, -0.15) is 0 Å². The Morgan fingerprint density at radius 1 is 1.52 bits per heavy atom. The summed E-state index contributed by atoms with van der Waals surface area (Å²) in [6, 6.07) is 2.28. The Bertz CT molecular complexity index is 721. The Morgan fingerprint density at radius 3 is 3.35 bits per heavy atom. The second kappa shape index (κ2) is 6.09. The van der Waals surface area contributed by atoms with Gasteiger partial charge in [0.25, 0.3) is 0 Å². The molecule has 4 heterocycles. The van der Waals surface area contributed by atoms with E-state index in [0.717, 1.165) is 37.3 Å². The average Bonchev–Trinajstić information content (AvgIpc) is 3.12. The van der Waals surface area contributed by atoms with E-state index in [4.69, 9.17) is 4.74 Å². The van der Waals surface area contributed by atoms with Gasteiger partial charge < -0.3 is 14.6 Å². The Labute approximate surface area is 139 Å². The van der Waals surface area contributed by atoms with Crippen molar-refractivity contribution in [1.29, 1.82) is 0 Å². The lowest BCUT2D eigenvalue weighted by atomic mass is 10.0. The van der Waals surface area contributed by atoms with Gasteiger partial charge in [0.1, 0.15) is 5.82 Å². The maximum Gasteiger partial charge on any atom is 0.223 e. The van der Waals surface area contributed by atoms with Gasteiger partial charge in [-0.25, -0.2) is 4.98 Å². The summed E-state index contributed by atoms with van der Waals surface area (Å²) >= 11 is 1.76. The van der Waals surface area contributed by atoms with E-state index in [1.807, 2.05) is 6.92 Å². The van der Waals surface area contributed by atoms with E-state index in [2.05, 4.69) is 32.5 Å². The first-order valence-electron chi connectivity index (χ1n) is 8.19. The van der Waals surface area contributed by atoms with Crippen molar-refractivity contribution in [3.05, 3.63) is 39.6 Å². The number of carbonyl (C=O) groups excluding carboxylic acids is 1. The van der Waals surface area contributed by atoms with E-state index < -0.39 is 0 Å². The van der Waals surface area contributed by atoms with E-state index in [1.54, 1.807) is 11.3 Å². The molecule has 2 aromatic rings. The highest BCUT2D eigenvalue weighted by Crippen LogP contribution is 2.33. The van der Waals surface area contributed by atoms with Crippen molar-refractivity contribution in [2.24, 2.45) is 0 Å². The molecule has 0 bridgehead atoms. The first kappa shape index (κ1) is 14.9. The van der Waals surface area contributed by atoms with Crippen molar-refractivity contribution in [2.45, 2.75) is 51.3 Å². The number of fused-ring (bicyclic) bond motifs is 2. The van der Waals surface area contributed by atoms with Crippen LogP contribution in [0.3, 0.4) is 0 Å².